The number of hydrogen-bond donors (Lipinski definition) is 0. The lowest BCUT2D eigenvalue weighted by Gasteiger charge is -2.20. The Balaban J connectivity index is 4.30. The van der Waals surface area contributed by atoms with E-state index < -0.39 is 7.60 Å². The topological polar surface area (TPSA) is 52.6 Å². The summed E-state index contributed by atoms with van der Waals surface area (Å²) >= 11 is 0. The molecule has 0 saturated heterocycles. The normalized spacial score (nSPS) is 14.1. The first-order valence-electron chi connectivity index (χ1n) is 5.82. The molecule has 0 radical (unpaired) electrons. The fourth-order valence-corrected chi connectivity index (χ4v) is 3.16. The van der Waals surface area contributed by atoms with Gasteiger partial charge in [-0.2, -0.15) is 0 Å². The average Bonchev–Trinajstić information content (AvgIpc) is 2.18. The van der Waals surface area contributed by atoms with E-state index in [1.807, 2.05) is 13.8 Å². The Morgan fingerprint density at radius 2 is 1.69 bits per heavy atom. The van der Waals surface area contributed by atoms with Crippen LogP contribution in [-0.4, -0.2) is 25.7 Å². The molecular weight excluding hydrogens is 227 g/mol. The van der Waals surface area contributed by atoms with E-state index in [2.05, 4.69) is 0 Å². The summed E-state index contributed by atoms with van der Waals surface area (Å²) in [7, 11) is -2.98. The van der Waals surface area contributed by atoms with Crippen molar-refractivity contribution in [2.45, 2.75) is 34.1 Å². The maximum absolute atomic E-state index is 12.1. The molecule has 0 fully saturated rings. The van der Waals surface area contributed by atoms with E-state index in [-0.39, 0.29) is 11.8 Å². The summed E-state index contributed by atoms with van der Waals surface area (Å²) in [6.07, 6.45) is 1.79. The third-order valence-electron chi connectivity index (χ3n) is 2.42. The van der Waals surface area contributed by atoms with Gasteiger partial charge in [0.25, 0.3) is 0 Å². The summed E-state index contributed by atoms with van der Waals surface area (Å²) in [6.45, 7) is 8.25. The van der Waals surface area contributed by atoms with Gasteiger partial charge in [0.1, 0.15) is 6.29 Å². The molecule has 0 saturated carbocycles. The van der Waals surface area contributed by atoms with E-state index >= 15 is 0 Å². The molecule has 4 nitrogen and oxygen atoms in total. The van der Waals surface area contributed by atoms with Crippen molar-refractivity contribution in [2.75, 3.05) is 19.4 Å². The second-order valence-electron chi connectivity index (χ2n) is 4.00. The van der Waals surface area contributed by atoms with E-state index in [0.717, 1.165) is 6.29 Å². The molecule has 0 aliphatic carbocycles. The molecule has 0 rings (SSSR count). The lowest BCUT2D eigenvalue weighted by molar-refractivity contribution is -0.112. The maximum atomic E-state index is 12.1. The summed E-state index contributed by atoms with van der Waals surface area (Å²) in [4.78, 5) is 10.8. The second kappa shape index (κ2) is 7.99. The molecule has 0 bridgehead atoms. The van der Waals surface area contributed by atoms with Crippen LogP contribution in [0.1, 0.15) is 34.1 Å². The molecule has 0 aromatic heterocycles. The van der Waals surface area contributed by atoms with Gasteiger partial charge in [0.05, 0.1) is 19.4 Å². The molecule has 0 aliphatic rings. The van der Waals surface area contributed by atoms with Crippen molar-refractivity contribution < 1.29 is 18.4 Å². The number of carbonyl (C=O) groups is 1. The van der Waals surface area contributed by atoms with Crippen molar-refractivity contribution in [1.82, 2.24) is 0 Å². The zero-order valence-electron chi connectivity index (χ0n) is 10.6. The first-order valence-corrected chi connectivity index (χ1v) is 7.55. The Morgan fingerprint density at radius 1 is 1.19 bits per heavy atom. The second-order valence-corrected chi connectivity index (χ2v) is 6.19. The number of hydrogen-bond acceptors (Lipinski definition) is 4. The molecule has 0 unspecified atom stereocenters. The molecule has 0 aromatic rings. The molecule has 0 spiro atoms. The van der Waals surface area contributed by atoms with Gasteiger partial charge >= 0.3 is 7.60 Å². The zero-order chi connectivity index (χ0) is 12.6. The van der Waals surface area contributed by atoms with Crippen LogP contribution in [0.5, 0.6) is 0 Å². The number of carbonyl (C=O) groups excluding carboxylic acids is 1. The summed E-state index contributed by atoms with van der Waals surface area (Å²) in [6, 6.07) is 0. The minimum Gasteiger partial charge on any atom is -0.309 e. The highest BCUT2D eigenvalue weighted by Crippen LogP contribution is 2.49. The lowest BCUT2D eigenvalue weighted by Crippen LogP contribution is -2.13. The molecule has 0 amide bonds. The molecule has 0 N–H and O–H groups in total. The van der Waals surface area contributed by atoms with Gasteiger partial charge in [-0.05, 0) is 26.2 Å². The van der Waals surface area contributed by atoms with Gasteiger partial charge in [-0.25, -0.2) is 0 Å². The van der Waals surface area contributed by atoms with Gasteiger partial charge in [-0.15, -0.1) is 0 Å². The van der Waals surface area contributed by atoms with Crippen molar-refractivity contribution in [2.24, 2.45) is 11.8 Å². The highest BCUT2D eigenvalue weighted by molar-refractivity contribution is 7.53. The zero-order valence-corrected chi connectivity index (χ0v) is 11.5. The summed E-state index contributed by atoms with van der Waals surface area (Å²) in [5.74, 6) is 0.184. The highest BCUT2D eigenvalue weighted by atomic mass is 31.2. The van der Waals surface area contributed by atoms with E-state index in [9.17, 15) is 9.36 Å². The van der Waals surface area contributed by atoms with E-state index in [4.69, 9.17) is 9.05 Å². The van der Waals surface area contributed by atoms with Crippen LogP contribution in [0.15, 0.2) is 0 Å². The van der Waals surface area contributed by atoms with Gasteiger partial charge in [0.15, 0.2) is 0 Å². The van der Waals surface area contributed by atoms with Crippen LogP contribution in [0.3, 0.4) is 0 Å². The standard InChI is InChI=1S/C11H23O4P/c1-5-14-16(13,15-6-2)8-7-11(9-12)10(3)4/h9-11H,5-8H2,1-4H3/t11-/m1/s1. The van der Waals surface area contributed by atoms with Gasteiger partial charge < -0.3 is 13.8 Å². The molecular formula is C11H23O4P. The average molecular weight is 250 g/mol. The minimum atomic E-state index is -2.98. The van der Waals surface area contributed by atoms with Gasteiger partial charge in [0.2, 0.25) is 0 Å². The highest BCUT2D eigenvalue weighted by Gasteiger charge is 2.25. The van der Waals surface area contributed by atoms with Crippen LogP contribution in [-0.2, 0) is 18.4 Å². The van der Waals surface area contributed by atoms with Crippen molar-refractivity contribution >= 4 is 13.9 Å². The number of aldehydes is 1. The number of rotatable bonds is 9. The molecule has 0 aliphatic heterocycles. The Hall–Kier alpha value is -0.180. The molecule has 16 heavy (non-hydrogen) atoms. The van der Waals surface area contributed by atoms with Gasteiger partial charge in [0, 0.05) is 5.92 Å². The molecule has 5 heteroatoms. The van der Waals surface area contributed by atoms with E-state index in [0.29, 0.717) is 25.8 Å². The van der Waals surface area contributed by atoms with Crippen LogP contribution < -0.4 is 0 Å². The smallest absolute Gasteiger partial charge is 0.309 e. The first kappa shape index (κ1) is 15.8. The Kier molecular flexibility index (Phi) is 7.90. The predicted octanol–water partition coefficient (Wildman–Crippen LogP) is 3.11. The summed E-state index contributed by atoms with van der Waals surface area (Å²) < 4.78 is 22.4. The molecule has 96 valence electrons. The molecule has 1 atom stereocenters. The SMILES string of the molecule is CCOP(=O)(CC[C@H](C=O)C(C)C)OCC. The van der Waals surface area contributed by atoms with E-state index in [1.54, 1.807) is 13.8 Å². The van der Waals surface area contributed by atoms with Crippen LogP contribution >= 0.6 is 7.60 Å². The van der Waals surface area contributed by atoms with Crippen molar-refractivity contribution in [3.8, 4) is 0 Å². The lowest BCUT2D eigenvalue weighted by atomic mass is 9.95. The quantitative estimate of drug-likeness (QED) is 0.466. The Bertz CT molecular complexity index is 230. The maximum Gasteiger partial charge on any atom is 0.330 e. The van der Waals surface area contributed by atoms with Crippen LogP contribution in [0.4, 0.5) is 0 Å². The fraction of sp³-hybridized carbons (Fsp3) is 0.909. The van der Waals surface area contributed by atoms with Crippen LogP contribution in [0.25, 0.3) is 0 Å². The predicted molar refractivity (Wildman–Crippen MR) is 64.7 cm³/mol. The molecule has 0 aromatic carbocycles. The fourth-order valence-electron chi connectivity index (χ4n) is 1.43. The monoisotopic (exact) mass is 250 g/mol. The van der Waals surface area contributed by atoms with Gasteiger partial charge in [-0.1, -0.05) is 13.8 Å². The van der Waals surface area contributed by atoms with Crippen molar-refractivity contribution in [3.05, 3.63) is 0 Å². The van der Waals surface area contributed by atoms with Crippen molar-refractivity contribution in [3.63, 3.8) is 0 Å². The Morgan fingerprint density at radius 3 is 2.00 bits per heavy atom. The third-order valence-corrected chi connectivity index (χ3v) is 4.53. The van der Waals surface area contributed by atoms with Crippen molar-refractivity contribution in [1.29, 1.82) is 0 Å². The molecule has 0 heterocycles. The van der Waals surface area contributed by atoms with Crippen LogP contribution in [0, 0.1) is 11.8 Å². The van der Waals surface area contributed by atoms with Crippen LogP contribution in [0.2, 0.25) is 0 Å². The van der Waals surface area contributed by atoms with Gasteiger partial charge in [-0.3, -0.25) is 4.57 Å². The largest absolute Gasteiger partial charge is 0.330 e. The third kappa shape index (κ3) is 5.78. The minimum absolute atomic E-state index is 0.0748. The summed E-state index contributed by atoms with van der Waals surface area (Å²) in [5, 5.41) is 0. The first-order chi connectivity index (χ1) is 7.49. The van der Waals surface area contributed by atoms with E-state index in [1.165, 1.54) is 0 Å². The summed E-state index contributed by atoms with van der Waals surface area (Å²) in [5.41, 5.74) is 0. The Labute approximate surface area is 98.2 Å².